The normalized spacial score (nSPS) is 17.6. The summed E-state index contributed by atoms with van der Waals surface area (Å²) in [6.45, 7) is 5.07. The first kappa shape index (κ1) is 18.0. The lowest BCUT2D eigenvalue weighted by Gasteiger charge is -2.16. The predicted molar refractivity (Wildman–Crippen MR) is 106 cm³/mol. The fraction of sp³-hybridized carbons (Fsp3) is 0.381. The minimum atomic E-state index is 0.157. The number of amides is 1. The molecule has 1 atom stereocenters. The van der Waals surface area contributed by atoms with Crippen molar-refractivity contribution in [1.29, 1.82) is 0 Å². The number of hydrogen-bond acceptors (Lipinski definition) is 3. The van der Waals surface area contributed by atoms with Crippen molar-refractivity contribution in [3.63, 3.8) is 0 Å². The molecule has 0 spiro atoms. The molecule has 0 saturated carbocycles. The van der Waals surface area contributed by atoms with E-state index in [1.807, 2.05) is 6.07 Å². The van der Waals surface area contributed by atoms with E-state index in [0.29, 0.717) is 5.75 Å². The van der Waals surface area contributed by atoms with E-state index < -0.39 is 0 Å². The molecule has 0 aromatic heterocycles. The number of thioether (sulfide) groups is 1. The molecule has 0 aliphatic carbocycles. The van der Waals surface area contributed by atoms with Gasteiger partial charge in [0.15, 0.2) is 0 Å². The highest BCUT2D eigenvalue weighted by molar-refractivity contribution is 7.99. The number of benzene rings is 2. The Morgan fingerprint density at radius 1 is 1.16 bits per heavy atom. The molecule has 4 heteroatoms. The maximum absolute atomic E-state index is 12.2. The van der Waals surface area contributed by atoms with Gasteiger partial charge in [0, 0.05) is 31.4 Å². The molecule has 25 heavy (non-hydrogen) atoms. The maximum Gasteiger partial charge on any atom is 0.230 e. The van der Waals surface area contributed by atoms with Crippen LogP contribution in [0.25, 0.3) is 0 Å². The predicted octanol–water partition coefficient (Wildman–Crippen LogP) is 3.62. The van der Waals surface area contributed by atoms with Crippen LogP contribution in [-0.4, -0.2) is 35.7 Å². The van der Waals surface area contributed by atoms with Gasteiger partial charge < -0.3 is 5.32 Å². The highest BCUT2D eigenvalue weighted by Crippen LogP contribution is 2.15. The van der Waals surface area contributed by atoms with E-state index in [9.17, 15) is 4.79 Å². The van der Waals surface area contributed by atoms with Crippen molar-refractivity contribution in [3.05, 3.63) is 71.3 Å². The van der Waals surface area contributed by atoms with Gasteiger partial charge in [0.25, 0.3) is 0 Å². The second-order valence-electron chi connectivity index (χ2n) is 6.76. The van der Waals surface area contributed by atoms with Crippen LogP contribution in [0, 0.1) is 6.92 Å². The molecular formula is C21H26N2OS. The SMILES string of the molecule is Cc1cccc(CSCC(=O)NC2CCN(Cc3ccccc3)C2)c1. The summed E-state index contributed by atoms with van der Waals surface area (Å²) in [4.78, 5) is 14.6. The summed E-state index contributed by atoms with van der Waals surface area (Å²) >= 11 is 1.68. The zero-order valence-corrected chi connectivity index (χ0v) is 15.6. The molecule has 1 aliphatic heterocycles. The molecule has 1 unspecified atom stereocenters. The Balaban J connectivity index is 1.36. The van der Waals surface area contributed by atoms with E-state index in [1.165, 1.54) is 16.7 Å². The number of likely N-dealkylation sites (tertiary alicyclic amines) is 1. The van der Waals surface area contributed by atoms with Crippen LogP contribution in [-0.2, 0) is 17.1 Å². The van der Waals surface area contributed by atoms with Crippen molar-refractivity contribution in [3.8, 4) is 0 Å². The van der Waals surface area contributed by atoms with Crippen LogP contribution in [0.4, 0.5) is 0 Å². The van der Waals surface area contributed by atoms with Gasteiger partial charge in [-0.05, 0) is 24.5 Å². The number of aryl methyl sites for hydroxylation is 1. The number of rotatable bonds is 7. The van der Waals surface area contributed by atoms with Gasteiger partial charge in [-0.1, -0.05) is 60.2 Å². The van der Waals surface area contributed by atoms with Crippen LogP contribution in [0.5, 0.6) is 0 Å². The van der Waals surface area contributed by atoms with Crippen molar-refractivity contribution < 1.29 is 4.79 Å². The molecule has 0 bridgehead atoms. The molecule has 132 valence electrons. The van der Waals surface area contributed by atoms with Crippen molar-refractivity contribution in [1.82, 2.24) is 10.2 Å². The third-order valence-corrected chi connectivity index (χ3v) is 5.47. The van der Waals surface area contributed by atoms with E-state index in [2.05, 4.69) is 65.7 Å². The molecule has 1 heterocycles. The summed E-state index contributed by atoms with van der Waals surface area (Å²) in [5.41, 5.74) is 3.89. The van der Waals surface area contributed by atoms with Crippen molar-refractivity contribution in [2.75, 3.05) is 18.8 Å². The zero-order valence-electron chi connectivity index (χ0n) is 14.8. The number of hydrogen-bond donors (Lipinski definition) is 1. The van der Waals surface area contributed by atoms with Crippen molar-refractivity contribution in [2.45, 2.75) is 31.7 Å². The zero-order chi connectivity index (χ0) is 17.5. The van der Waals surface area contributed by atoms with Crippen LogP contribution in [0.3, 0.4) is 0 Å². The highest BCUT2D eigenvalue weighted by atomic mass is 32.2. The van der Waals surface area contributed by atoms with E-state index in [4.69, 9.17) is 0 Å². The Bertz CT molecular complexity index is 689. The van der Waals surface area contributed by atoms with Gasteiger partial charge in [-0.2, -0.15) is 0 Å². The standard InChI is InChI=1S/C21H26N2OS/c1-17-6-5-9-19(12-17)15-25-16-21(24)22-20-10-11-23(14-20)13-18-7-3-2-4-8-18/h2-9,12,20H,10-11,13-16H2,1H3,(H,22,24). The second kappa shape index (κ2) is 9.07. The molecule has 3 rings (SSSR count). The summed E-state index contributed by atoms with van der Waals surface area (Å²) in [5.74, 6) is 1.58. The second-order valence-corrected chi connectivity index (χ2v) is 7.74. The van der Waals surface area contributed by atoms with Gasteiger partial charge in [-0.15, -0.1) is 11.8 Å². The van der Waals surface area contributed by atoms with E-state index in [-0.39, 0.29) is 11.9 Å². The van der Waals surface area contributed by atoms with Crippen LogP contribution in [0.15, 0.2) is 54.6 Å². The summed E-state index contributed by atoms with van der Waals surface area (Å²) in [5, 5.41) is 3.19. The fourth-order valence-corrected chi connectivity index (χ4v) is 4.05. The van der Waals surface area contributed by atoms with Gasteiger partial charge in [-0.3, -0.25) is 9.69 Å². The minimum absolute atomic E-state index is 0.157. The highest BCUT2D eigenvalue weighted by Gasteiger charge is 2.23. The number of nitrogens with zero attached hydrogens (tertiary/aromatic N) is 1. The molecule has 2 aromatic carbocycles. The van der Waals surface area contributed by atoms with Gasteiger partial charge in [-0.25, -0.2) is 0 Å². The molecule has 1 amide bonds. The Kier molecular flexibility index (Phi) is 6.54. The maximum atomic E-state index is 12.2. The van der Waals surface area contributed by atoms with E-state index >= 15 is 0 Å². The molecule has 1 N–H and O–H groups in total. The van der Waals surface area contributed by atoms with Gasteiger partial charge in [0.1, 0.15) is 0 Å². The number of carbonyl (C=O) groups excluding carboxylic acids is 1. The summed E-state index contributed by atoms with van der Waals surface area (Å²) in [6.07, 6.45) is 1.04. The molecule has 0 radical (unpaired) electrons. The summed E-state index contributed by atoms with van der Waals surface area (Å²) in [7, 11) is 0. The quantitative estimate of drug-likeness (QED) is 0.824. The topological polar surface area (TPSA) is 32.3 Å². The first-order chi connectivity index (χ1) is 12.2. The Labute approximate surface area is 154 Å². The number of carbonyl (C=O) groups is 1. The van der Waals surface area contributed by atoms with Crippen LogP contribution < -0.4 is 5.32 Å². The molecule has 2 aromatic rings. The molecule has 1 saturated heterocycles. The lowest BCUT2D eigenvalue weighted by molar-refractivity contribution is -0.119. The van der Waals surface area contributed by atoms with Crippen LogP contribution in [0.2, 0.25) is 0 Å². The van der Waals surface area contributed by atoms with Gasteiger partial charge in [0.2, 0.25) is 5.91 Å². The van der Waals surface area contributed by atoms with Gasteiger partial charge >= 0.3 is 0 Å². The monoisotopic (exact) mass is 354 g/mol. The Hall–Kier alpha value is -1.78. The third kappa shape index (κ3) is 5.91. The van der Waals surface area contributed by atoms with E-state index in [0.717, 1.165) is 31.8 Å². The van der Waals surface area contributed by atoms with Crippen LogP contribution >= 0.6 is 11.8 Å². The molecule has 1 fully saturated rings. The lowest BCUT2D eigenvalue weighted by Crippen LogP contribution is -2.38. The molecular weight excluding hydrogens is 328 g/mol. The Morgan fingerprint density at radius 3 is 2.76 bits per heavy atom. The minimum Gasteiger partial charge on any atom is -0.351 e. The van der Waals surface area contributed by atoms with Crippen molar-refractivity contribution >= 4 is 17.7 Å². The molecule has 1 aliphatic rings. The lowest BCUT2D eigenvalue weighted by atomic mass is 10.2. The van der Waals surface area contributed by atoms with Crippen LogP contribution in [0.1, 0.15) is 23.1 Å². The van der Waals surface area contributed by atoms with Gasteiger partial charge in [0.05, 0.1) is 5.75 Å². The first-order valence-electron chi connectivity index (χ1n) is 8.88. The first-order valence-corrected chi connectivity index (χ1v) is 10.0. The summed E-state index contributed by atoms with van der Waals surface area (Å²) in [6, 6.07) is 19.3. The average Bonchev–Trinajstić information content (AvgIpc) is 3.02. The molecule has 3 nitrogen and oxygen atoms in total. The summed E-state index contributed by atoms with van der Waals surface area (Å²) < 4.78 is 0. The van der Waals surface area contributed by atoms with Crippen molar-refractivity contribution in [2.24, 2.45) is 0 Å². The fourth-order valence-electron chi connectivity index (χ4n) is 3.27. The number of nitrogens with one attached hydrogen (secondary N) is 1. The smallest absolute Gasteiger partial charge is 0.230 e. The Morgan fingerprint density at radius 2 is 1.96 bits per heavy atom. The third-order valence-electron chi connectivity index (χ3n) is 4.47. The largest absolute Gasteiger partial charge is 0.351 e. The average molecular weight is 355 g/mol. The van der Waals surface area contributed by atoms with E-state index in [1.54, 1.807) is 11.8 Å².